The molecular formula is C24H23Cl3N2O4S2. The summed E-state index contributed by atoms with van der Waals surface area (Å²) >= 11 is 19.5. The highest BCUT2D eigenvalue weighted by atomic mass is 35.5. The third-order valence-electron chi connectivity index (χ3n) is 4.87. The number of rotatable bonds is 11. The minimum atomic E-state index is -4.02. The quantitative estimate of drug-likeness (QED) is 0.289. The number of carbonyl (C=O) groups excluding carboxylic acids is 1. The molecule has 3 rings (SSSR count). The van der Waals surface area contributed by atoms with Gasteiger partial charge in [0, 0.05) is 23.1 Å². The number of methoxy groups -OCH3 is 1. The number of hydrogen-bond donors (Lipinski definition) is 1. The number of thioether (sulfide) groups is 1. The van der Waals surface area contributed by atoms with E-state index in [1.807, 2.05) is 12.1 Å². The van der Waals surface area contributed by atoms with Crippen LogP contribution in [0, 0.1) is 0 Å². The molecule has 3 aromatic rings. The number of ether oxygens (including phenoxy) is 1. The smallest absolute Gasteiger partial charge is 0.264 e. The molecule has 0 aromatic heterocycles. The summed E-state index contributed by atoms with van der Waals surface area (Å²) in [6.07, 6.45) is 0. The van der Waals surface area contributed by atoms with E-state index in [-0.39, 0.29) is 11.4 Å². The van der Waals surface area contributed by atoms with Gasteiger partial charge in [0.1, 0.15) is 12.3 Å². The van der Waals surface area contributed by atoms with Crippen LogP contribution < -0.4 is 14.4 Å². The predicted molar refractivity (Wildman–Crippen MR) is 145 cm³/mol. The number of anilines is 1. The van der Waals surface area contributed by atoms with Crippen molar-refractivity contribution in [1.82, 2.24) is 5.32 Å². The van der Waals surface area contributed by atoms with Crippen molar-refractivity contribution in [3.05, 3.63) is 87.4 Å². The van der Waals surface area contributed by atoms with Gasteiger partial charge >= 0.3 is 0 Å². The molecule has 3 aromatic carbocycles. The molecule has 1 N–H and O–H groups in total. The Morgan fingerprint density at radius 3 is 2.29 bits per heavy atom. The molecule has 11 heteroatoms. The maximum absolute atomic E-state index is 13.4. The van der Waals surface area contributed by atoms with E-state index in [0.29, 0.717) is 44.6 Å². The van der Waals surface area contributed by atoms with E-state index in [9.17, 15) is 13.2 Å². The molecule has 0 bridgehead atoms. The van der Waals surface area contributed by atoms with Gasteiger partial charge < -0.3 is 10.1 Å². The van der Waals surface area contributed by atoms with Crippen LogP contribution in [-0.4, -0.2) is 40.3 Å². The molecule has 0 saturated carbocycles. The van der Waals surface area contributed by atoms with Crippen molar-refractivity contribution in [1.29, 1.82) is 0 Å². The van der Waals surface area contributed by atoms with Gasteiger partial charge in [0.15, 0.2) is 0 Å². The van der Waals surface area contributed by atoms with Gasteiger partial charge in [0.05, 0.1) is 27.7 Å². The fraction of sp³-hybridized carbons (Fsp3) is 0.208. The maximum atomic E-state index is 13.4. The molecular weight excluding hydrogens is 551 g/mol. The highest BCUT2D eigenvalue weighted by Gasteiger charge is 2.27. The van der Waals surface area contributed by atoms with Gasteiger partial charge in [0.2, 0.25) is 5.91 Å². The topological polar surface area (TPSA) is 75.7 Å². The monoisotopic (exact) mass is 572 g/mol. The number of nitrogens with one attached hydrogen (secondary N) is 1. The van der Waals surface area contributed by atoms with Crippen molar-refractivity contribution in [3.8, 4) is 5.75 Å². The maximum Gasteiger partial charge on any atom is 0.264 e. The minimum Gasteiger partial charge on any atom is -0.497 e. The predicted octanol–water partition coefficient (Wildman–Crippen LogP) is 5.90. The summed E-state index contributed by atoms with van der Waals surface area (Å²) in [5, 5.41) is 4.24. The van der Waals surface area contributed by atoms with Crippen molar-refractivity contribution >= 4 is 68.2 Å². The number of halogens is 3. The van der Waals surface area contributed by atoms with Gasteiger partial charge in [-0.2, -0.15) is 11.8 Å². The molecule has 0 heterocycles. The zero-order valence-electron chi connectivity index (χ0n) is 18.7. The average Bonchev–Trinajstić information content (AvgIpc) is 2.85. The van der Waals surface area contributed by atoms with E-state index in [1.54, 1.807) is 54.2 Å². The summed E-state index contributed by atoms with van der Waals surface area (Å²) in [7, 11) is -2.52. The fourth-order valence-corrected chi connectivity index (χ4v) is 5.74. The number of carbonyl (C=O) groups is 1. The first kappa shape index (κ1) is 27.5. The molecule has 0 fully saturated rings. The van der Waals surface area contributed by atoms with Crippen LogP contribution in [0.25, 0.3) is 0 Å². The number of hydrogen-bond acceptors (Lipinski definition) is 5. The normalized spacial score (nSPS) is 11.2. The summed E-state index contributed by atoms with van der Waals surface area (Å²) in [6, 6.07) is 17.7. The van der Waals surface area contributed by atoms with Crippen molar-refractivity contribution < 1.29 is 17.9 Å². The van der Waals surface area contributed by atoms with Crippen LogP contribution in [0.3, 0.4) is 0 Å². The molecule has 0 aliphatic carbocycles. The number of benzene rings is 3. The van der Waals surface area contributed by atoms with E-state index in [4.69, 9.17) is 39.5 Å². The summed E-state index contributed by atoms with van der Waals surface area (Å²) in [4.78, 5) is 12.7. The Morgan fingerprint density at radius 2 is 1.66 bits per heavy atom. The zero-order valence-corrected chi connectivity index (χ0v) is 22.6. The standard InChI is InChI=1S/C24H23Cl3N2O4S2/c1-33-20-7-9-21(10-8-20)35(31,32)29(19-5-3-18(25)4-6-19)15-24(30)28-12-13-34-16-17-2-11-22(26)23(27)14-17/h2-11,14H,12-13,15-16H2,1H3,(H,28,30). The number of amides is 1. The Morgan fingerprint density at radius 1 is 0.971 bits per heavy atom. The summed E-state index contributed by atoms with van der Waals surface area (Å²) in [5.74, 6) is 1.44. The van der Waals surface area contributed by atoms with E-state index in [0.717, 1.165) is 9.87 Å². The molecule has 186 valence electrons. The highest BCUT2D eigenvalue weighted by Crippen LogP contribution is 2.27. The fourth-order valence-electron chi connectivity index (χ4n) is 3.07. The van der Waals surface area contributed by atoms with E-state index in [2.05, 4.69) is 5.32 Å². The van der Waals surface area contributed by atoms with Crippen LogP contribution in [0.1, 0.15) is 5.56 Å². The van der Waals surface area contributed by atoms with Gasteiger partial charge in [-0.3, -0.25) is 9.10 Å². The minimum absolute atomic E-state index is 0.0400. The lowest BCUT2D eigenvalue weighted by atomic mass is 10.2. The van der Waals surface area contributed by atoms with Gasteiger partial charge in [-0.25, -0.2) is 8.42 Å². The molecule has 0 aliphatic rings. The molecule has 0 atom stereocenters. The first-order valence-electron chi connectivity index (χ1n) is 10.4. The summed E-state index contributed by atoms with van der Waals surface area (Å²) in [6.45, 7) is -0.00465. The van der Waals surface area contributed by atoms with E-state index in [1.165, 1.54) is 19.2 Å². The Balaban J connectivity index is 1.64. The number of nitrogens with zero attached hydrogens (tertiary/aromatic N) is 1. The molecule has 0 saturated heterocycles. The van der Waals surface area contributed by atoms with Crippen molar-refractivity contribution in [2.75, 3.05) is 30.3 Å². The van der Waals surface area contributed by atoms with Crippen LogP contribution in [-0.2, 0) is 20.6 Å². The van der Waals surface area contributed by atoms with Gasteiger partial charge in [-0.15, -0.1) is 0 Å². The second-order valence-corrected chi connectivity index (χ2v) is 11.5. The number of sulfonamides is 1. The Labute approximate surface area is 224 Å². The molecule has 0 spiro atoms. The molecule has 0 aliphatic heterocycles. The Bertz CT molecular complexity index is 1250. The summed E-state index contributed by atoms with van der Waals surface area (Å²) < 4.78 is 32.9. The first-order valence-corrected chi connectivity index (χ1v) is 14.1. The molecule has 6 nitrogen and oxygen atoms in total. The van der Waals surface area contributed by atoms with Crippen LogP contribution in [0.2, 0.25) is 15.1 Å². The molecule has 1 amide bonds. The third kappa shape index (κ3) is 7.69. The first-order chi connectivity index (χ1) is 16.7. The highest BCUT2D eigenvalue weighted by molar-refractivity contribution is 7.98. The van der Waals surface area contributed by atoms with Crippen molar-refractivity contribution in [2.45, 2.75) is 10.6 Å². The van der Waals surface area contributed by atoms with Crippen molar-refractivity contribution in [2.24, 2.45) is 0 Å². The van der Waals surface area contributed by atoms with Crippen LogP contribution in [0.15, 0.2) is 71.6 Å². The van der Waals surface area contributed by atoms with Gasteiger partial charge in [-0.05, 0) is 66.2 Å². The van der Waals surface area contributed by atoms with E-state index < -0.39 is 15.9 Å². The SMILES string of the molecule is COc1ccc(S(=O)(=O)N(CC(=O)NCCSCc2ccc(Cl)c(Cl)c2)c2ccc(Cl)cc2)cc1. The Hall–Kier alpha value is -2.10. The molecule has 35 heavy (non-hydrogen) atoms. The van der Waals surface area contributed by atoms with Gasteiger partial charge in [-0.1, -0.05) is 40.9 Å². The summed E-state index contributed by atoms with van der Waals surface area (Å²) in [5.41, 5.74) is 1.35. The van der Waals surface area contributed by atoms with Crippen LogP contribution in [0.5, 0.6) is 5.75 Å². The lowest BCUT2D eigenvalue weighted by molar-refractivity contribution is -0.119. The average molecular weight is 574 g/mol. The zero-order chi connectivity index (χ0) is 25.4. The van der Waals surface area contributed by atoms with E-state index >= 15 is 0 Å². The van der Waals surface area contributed by atoms with Gasteiger partial charge in [0.25, 0.3) is 10.0 Å². The lowest BCUT2D eigenvalue weighted by Crippen LogP contribution is -2.41. The largest absolute Gasteiger partial charge is 0.497 e. The van der Waals surface area contributed by atoms with Crippen molar-refractivity contribution in [3.63, 3.8) is 0 Å². The molecule has 0 radical (unpaired) electrons. The van der Waals surface area contributed by atoms with Crippen LogP contribution in [0.4, 0.5) is 5.69 Å². The Kier molecular flexibility index (Phi) is 10.0. The third-order valence-corrected chi connectivity index (χ3v) is 8.68. The molecule has 0 unspecified atom stereocenters. The van der Waals surface area contributed by atoms with Crippen LogP contribution >= 0.6 is 46.6 Å². The second kappa shape index (κ2) is 12.7. The second-order valence-electron chi connectivity index (χ2n) is 7.31. The lowest BCUT2D eigenvalue weighted by Gasteiger charge is -2.24.